The van der Waals surface area contributed by atoms with Crippen molar-refractivity contribution in [2.24, 2.45) is 4.99 Å². The summed E-state index contributed by atoms with van der Waals surface area (Å²) in [6, 6.07) is 25.3. The Labute approximate surface area is 295 Å². The fraction of sp³-hybridized carbons (Fsp3) is 0.114. The van der Waals surface area contributed by atoms with Crippen LogP contribution >= 0.6 is 0 Å². The Morgan fingerprint density at radius 1 is 0.681 bits per heavy atom. The number of nitrogens with one attached hydrogen (secondary N) is 1. The molecule has 0 saturated carbocycles. The Hall–Kier alpha value is -3.81. The standard InChI is InChI=1S/C35H30N2O7S2.Na/c1-20-8-7-9-21(2)34(20)36-24-12-14-27-30(18-24)44-31-19-25(37-35-22(3)16-26(17-23(35)4)45(38,39)40)13-15-28(31)33(27)29-10-5-6-11-32(29)46(41,42)43;/h5-19,36H,1-4H3,(H,38,39,40)(H,41,42,43);/q;+1/p-2. The van der Waals surface area contributed by atoms with E-state index in [1.807, 2.05) is 50.2 Å². The summed E-state index contributed by atoms with van der Waals surface area (Å²) in [7, 11) is -9.46. The Morgan fingerprint density at radius 3 is 1.98 bits per heavy atom. The van der Waals surface area contributed by atoms with Gasteiger partial charge >= 0.3 is 29.6 Å². The first-order valence-corrected chi connectivity index (χ1v) is 17.0. The van der Waals surface area contributed by atoms with Gasteiger partial charge in [-0.1, -0.05) is 36.4 Å². The summed E-state index contributed by atoms with van der Waals surface area (Å²) in [6.45, 7) is 7.35. The number of benzene rings is 5. The van der Waals surface area contributed by atoms with Crippen LogP contribution in [0.25, 0.3) is 33.4 Å². The Balaban J connectivity index is 0.00000433. The molecule has 47 heavy (non-hydrogen) atoms. The topological polar surface area (TPSA) is 152 Å². The second-order valence-corrected chi connectivity index (χ2v) is 13.9. The molecule has 0 fully saturated rings. The van der Waals surface area contributed by atoms with Crippen LogP contribution in [0.3, 0.4) is 0 Å². The Bertz CT molecular complexity index is 2410. The number of fused-ring (bicyclic) bond motifs is 2. The number of nitrogens with zero attached hydrogens (tertiary/aromatic N) is 1. The number of hydrogen-bond donors (Lipinski definition) is 1. The first kappa shape index (κ1) is 34.5. The predicted octanol–water partition coefficient (Wildman–Crippen LogP) is 4.23. The molecule has 1 aliphatic carbocycles. The molecule has 0 unspecified atom stereocenters. The van der Waals surface area contributed by atoms with Crippen LogP contribution in [0, 0.1) is 27.7 Å². The van der Waals surface area contributed by atoms with Gasteiger partial charge in [0.05, 0.1) is 20.8 Å². The van der Waals surface area contributed by atoms with Crippen molar-refractivity contribution in [3.8, 4) is 22.5 Å². The van der Waals surface area contributed by atoms with Gasteiger partial charge in [-0.05, 0) is 92.4 Å². The molecule has 6 rings (SSSR count). The number of para-hydroxylation sites is 1. The van der Waals surface area contributed by atoms with Gasteiger partial charge in [0.2, 0.25) is 0 Å². The molecule has 4 aromatic carbocycles. The Morgan fingerprint density at radius 2 is 1.34 bits per heavy atom. The smallest absolute Gasteiger partial charge is 0.744 e. The van der Waals surface area contributed by atoms with E-state index < -0.39 is 20.2 Å². The minimum Gasteiger partial charge on any atom is -0.744 e. The molecule has 1 N–H and O–H groups in total. The van der Waals surface area contributed by atoms with E-state index in [9.17, 15) is 25.9 Å². The molecule has 0 radical (unpaired) electrons. The second-order valence-electron chi connectivity index (χ2n) is 11.2. The SMILES string of the molecule is Cc1cc(S(=O)(=O)[O-])cc(C)c1N=c1ccc2c(-c3ccccc3S(=O)(=O)[O-])c3ccc(Nc4c(C)cccc4C)cc3oc-2c1.[Na+]. The third kappa shape index (κ3) is 6.93. The molecule has 234 valence electrons. The molecule has 1 aliphatic heterocycles. The molecule has 12 heteroatoms. The van der Waals surface area contributed by atoms with Gasteiger partial charge in [-0.25, -0.2) is 21.8 Å². The molecule has 9 nitrogen and oxygen atoms in total. The molecule has 0 atom stereocenters. The van der Waals surface area contributed by atoms with Crippen LogP contribution in [0.1, 0.15) is 22.3 Å². The van der Waals surface area contributed by atoms with Crippen LogP contribution in [0.15, 0.2) is 110 Å². The maximum Gasteiger partial charge on any atom is 1.00 e. The third-order valence-corrected chi connectivity index (χ3v) is 9.58. The summed E-state index contributed by atoms with van der Waals surface area (Å²) >= 11 is 0. The fourth-order valence-corrected chi connectivity index (χ4v) is 7.06. The van der Waals surface area contributed by atoms with Crippen molar-refractivity contribution < 1.29 is 59.9 Å². The van der Waals surface area contributed by atoms with E-state index >= 15 is 0 Å². The molecule has 4 aromatic rings. The normalized spacial score (nSPS) is 12.3. The van der Waals surface area contributed by atoms with Crippen LogP contribution in [-0.4, -0.2) is 25.9 Å². The summed E-state index contributed by atoms with van der Waals surface area (Å²) in [4.78, 5) is 4.05. The monoisotopic (exact) mass is 675 g/mol. The van der Waals surface area contributed by atoms with Gasteiger partial charge in [0, 0.05) is 45.6 Å². The van der Waals surface area contributed by atoms with Gasteiger partial charge < -0.3 is 18.8 Å². The second kappa shape index (κ2) is 13.0. The zero-order valence-corrected chi connectivity index (χ0v) is 29.9. The average molecular weight is 676 g/mol. The van der Waals surface area contributed by atoms with E-state index in [0.717, 1.165) is 22.5 Å². The van der Waals surface area contributed by atoms with E-state index in [-0.39, 0.29) is 44.9 Å². The van der Waals surface area contributed by atoms with Crippen LogP contribution < -0.4 is 40.2 Å². The molecule has 0 bridgehead atoms. The van der Waals surface area contributed by atoms with Crippen molar-refractivity contribution in [1.82, 2.24) is 0 Å². The first-order chi connectivity index (χ1) is 21.7. The van der Waals surface area contributed by atoms with Gasteiger partial charge in [-0.2, -0.15) is 0 Å². The van der Waals surface area contributed by atoms with E-state index in [2.05, 4.69) is 5.32 Å². The van der Waals surface area contributed by atoms with Gasteiger partial charge in [-0.3, -0.25) is 0 Å². The van der Waals surface area contributed by atoms with Gasteiger partial charge in [-0.15, -0.1) is 0 Å². The van der Waals surface area contributed by atoms with E-state index in [4.69, 9.17) is 9.41 Å². The van der Waals surface area contributed by atoms with Crippen LogP contribution in [0.2, 0.25) is 0 Å². The summed E-state index contributed by atoms with van der Waals surface area (Å²) in [5.74, 6) is 0.375. The van der Waals surface area contributed by atoms with Crippen LogP contribution in [0.5, 0.6) is 0 Å². The van der Waals surface area contributed by atoms with E-state index in [1.54, 1.807) is 44.2 Å². The van der Waals surface area contributed by atoms with Crippen molar-refractivity contribution in [3.63, 3.8) is 0 Å². The number of hydrogen-bond acceptors (Lipinski definition) is 9. The van der Waals surface area contributed by atoms with Gasteiger partial charge in [0.25, 0.3) is 0 Å². The molecule has 2 aliphatic rings. The van der Waals surface area contributed by atoms with Crippen molar-refractivity contribution >= 4 is 48.3 Å². The molecule has 0 amide bonds. The largest absolute Gasteiger partial charge is 1.00 e. The van der Waals surface area contributed by atoms with Crippen molar-refractivity contribution in [2.75, 3.05) is 5.32 Å². The van der Waals surface area contributed by atoms with Crippen molar-refractivity contribution in [1.29, 1.82) is 0 Å². The quantitative estimate of drug-likeness (QED) is 0.157. The molecule has 0 aromatic heterocycles. The number of rotatable bonds is 6. The molecular weight excluding hydrogens is 648 g/mol. The predicted molar refractivity (Wildman–Crippen MR) is 175 cm³/mol. The third-order valence-electron chi connectivity index (χ3n) is 7.88. The number of aryl methyl sites for hydroxylation is 4. The summed E-state index contributed by atoms with van der Waals surface area (Å²) in [5, 5.41) is 4.53. The van der Waals surface area contributed by atoms with Crippen molar-refractivity contribution in [2.45, 2.75) is 37.5 Å². The average Bonchev–Trinajstić information content (AvgIpc) is 2.98. The maximum atomic E-state index is 12.4. The summed E-state index contributed by atoms with van der Waals surface area (Å²) < 4.78 is 78.3. The summed E-state index contributed by atoms with van der Waals surface area (Å²) in [6.07, 6.45) is 0. The molecule has 0 spiro atoms. The summed E-state index contributed by atoms with van der Waals surface area (Å²) in [5.41, 5.74) is 7.05. The first-order valence-electron chi connectivity index (χ1n) is 14.2. The Kier molecular flexibility index (Phi) is 9.55. The minimum absolute atomic E-state index is 0. The molecule has 1 heterocycles. The van der Waals surface area contributed by atoms with Crippen LogP contribution in [-0.2, 0) is 20.2 Å². The minimum atomic E-state index is -4.83. The van der Waals surface area contributed by atoms with Crippen LogP contribution in [0.4, 0.5) is 17.1 Å². The van der Waals surface area contributed by atoms with E-state index in [0.29, 0.717) is 50.0 Å². The zero-order chi connectivity index (χ0) is 33.0. The number of anilines is 2. The molecular formula is C35H28N2NaO7S2-. The fourth-order valence-electron chi connectivity index (χ4n) is 5.73. The zero-order valence-electron chi connectivity index (χ0n) is 26.3. The molecule has 0 saturated heterocycles. The van der Waals surface area contributed by atoms with Crippen molar-refractivity contribution in [3.05, 3.63) is 119 Å². The van der Waals surface area contributed by atoms with Gasteiger partial charge in [0.15, 0.2) is 0 Å². The van der Waals surface area contributed by atoms with Gasteiger partial charge in [0.1, 0.15) is 31.6 Å². The van der Waals surface area contributed by atoms with E-state index in [1.165, 1.54) is 24.3 Å². The maximum absolute atomic E-state index is 12.4.